The smallest absolute Gasteiger partial charge is 0.249 e. The zero-order valence-corrected chi connectivity index (χ0v) is 21.6. The molecule has 0 saturated carbocycles. The molecule has 0 radical (unpaired) electrons. The molecule has 37 heavy (non-hydrogen) atoms. The van der Waals surface area contributed by atoms with Gasteiger partial charge in [-0.25, -0.2) is 0 Å². The molecule has 5 atom stereocenters. The number of ether oxygens (including phenoxy) is 1. The minimum Gasteiger partial charge on any atom is -0.366 e. The molecule has 2 amide bonds. The molecule has 2 heterocycles. The van der Waals surface area contributed by atoms with Gasteiger partial charge in [-0.1, -0.05) is 104 Å². The zero-order chi connectivity index (χ0) is 25.8. The van der Waals surface area contributed by atoms with Crippen LogP contribution in [0.3, 0.4) is 0 Å². The molecule has 192 valence electrons. The van der Waals surface area contributed by atoms with E-state index < -0.39 is 24.5 Å². The van der Waals surface area contributed by atoms with Crippen molar-refractivity contribution in [1.29, 1.82) is 0 Å². The first kappa shape index (κ1) is 25.5. The lowest BCUT2D eigenvalue weighted by molar-refractivity contribution is -0.198. The number of benzene rings is 3. The summed E-state index contributed by atoms with van der Waals surface area (Å²) in [5, 5.41) is 14.2. The molecular weight excluding hydrogens is 484 g/mol. The molecule has 0 aliphatic carbocycles. The quantitative estimate of drug-likeness (QED) is 0.330. The van der Waals surface area contributed by atoms with Gasteiger partial charge >= 0.3 is 0 Å². The van der Waals surface area contributed by atoms with Crippen molar-refractivity contribution in [1.82, 2.24) is 10.2 Å². The highest BCUT2D eigenvalue weighted by Gasteiger charge is 2.57. The summed E-state index contributed by atoms with van der Waals surface area (Å²) >= 11 is 1.66. The number of carbonyl (C=O) groups is 2. The highest BCUT2D eigenvalue weighted by molar-refractivity contribution is 8.00. The Labute approximate surface area is 222 Å². The molecular formula is C30H32N2O4S. The number of hydrogen-bond acceptors (Lipinski definition) is 5. The Bertz CT molecular complexity index is 1150. The second kappa shape index (κ2) is 11.5. The van der Waals surface area contributed by atoms with Gasteiger partial charge in [0.05, 0.1) is 12.5 Å². The van der Waals surface area contributed by atoms with Crippen molar-refractivity contribution < 1.29 is 19.4 Å². The number of hydrogen-bond donors (Lipinski definition) is 2. The molecule has 0 aromatic heterocycles. The van der Waals surface area contributed by atoms with Gasteiger partial charge < -0.3 is 20.1 Å². The molecule has 0 spiro atoms. The van der Waals surface area contributed by atoms with E-state index in [2.05, 4.69) is 12.2 Å². The fourth-order valence-electron chi connectivity index (χ4n) is 5.22. The van der Waals surface area contributed by atoms with E-state index in [1.54, 1.807) is 16.7 Å². The lowest BCUT2D eigenvalue weighted by Crippen LogP contribution is -2.76. The van der Waals surface area contributed by atoms with Crippen LogP contribution in [0.2, 0.25) is 0 Å². The number of β-lactam (4-membered cyclic amide) rings is 1. The van der Waals surface area contributed by atoms with Crippen molar-refractivity contribution in [3.8, 4) is 0 Å². The van der Waals surface area contributed by atoms with E-state index in [0.29, 0.717) is 0 Å². The Morgan fingerprint density at radius 3 is 2.14 bits per heavy atom. The van der Waals surface area contributed by atoms with Crippen molar-refractivity contribution in [2.45, 2.75) is 49.6 Å². The summed E-state index contributed by atoms with van der Waals surface area (Å²) in [6, 6.07) is 28.0. The third-order valence-corrected chi connectivity index (χ3v) is 8.65. The maximum Gasteiger partial charge on any atom is 0.249 e. The monoisotopic (exact) mass is 516 g/mol. The van der Waals surface area contributed by atoms with Crippen LogP contribution in [0.1, 0.15) is 36.1 Å². The molecule has 2 aliphatic rings. The number of thioether (sulfide) groups is 1. The van der Waals surface area contributed by atoms with E-state index >= 15 is 0 Å². The van der Waals surface area contributed by atoms with Crippen LogP contribution in [-0.4, -0.2) is 51.3 Å². The Hall–Kier alpha value is -3.13. The number of aliphatic hydroxyl groups excluding tert-OH is 1. The molecule has 0 bridgehead atoms. The van der Waals surface area contributed by atoms with Gasteiger partial charge in [-0.2, -0.15) is 0 Å². The number of fused-ring (bicyclic) bond motifs is 1. The van der Waals surface area contributed by atoms with Gasteiger partial charge in [-0.3, -0.25) is 9.59 Å². The van der Waals surface area contributed by atoms with Gasteiger partial charge in [-0.15, -0.1) is 11.8 Å². The average molecular weight is 517 g/mol. The van der Waals surface area contributed by atoms with Crippen LogP contribution in [0.15, 0.2) is 91.0 Å². The van der Waals surface area contributed by atoms with Crippen molar-refractivity contribution in [2.75, 3.05) is 5.75 Å². The van der Waals surface area contributed by atoms with E-state index in [1.807, 2.05) is 91.0 Å². The maximum absolute atomic E-state index is 13.3. The second-order valence-electron chi connectivity index (χ2n) is 9.56. The summed E-state index contributed by atoms with van der Waals surface area (Å²) in [6.45, 7) is 2.07. The molecule has 2 N–H and O–H groups in total. The molecule has 6 nitrogen and oxygen atoms in total. The SMILES string of the molecule is CCC1CS[C@@H]2[C@H](NC(=O)Cc3ccccc3)C(=O)N2C1C(O)OC(c1ccccc1)c1ccccc1. The van der Waals surface area contributed by atoms with Gasteiger partial charge in [0.2, 0.25) is 11.8 Å². The third-order valence-electron chi connectivity index (χ3n) is 7.19. The van der Waals surface area contributed by atoms with Crippen molar-refractivity contribution in [2.24, 2.45) is 5.92 Å². The predicted molar refractivity (Wildman–Crippen MR) is 145 cm³/mol. The summed E-state index contributed by atoms with van der Waals surface area (Å²) in [5.41, 5.74) is 2.77. The highest BCUT2D eigenvalue weighted by atomic mass is 32.2. The molecule has 3 aromatic rings. The van der Waals surface area contributed by atoms with Crippen LogP contribution in [0.25, 0.3) is 0 Å². The predicted octanol–water partition coefficient (Wildman–Crippen LogP) is 4.15. The first-order valence-electron chi connectivity index (χ1n) is 12.8. The lowest BCUT2D eigenvalue weighted by atomic mass is 9.91. The van der Waals surface area contributed by atoms with Gasteiger partial charge in [0.25, 0.3) is 0 Å². The van der Waals surface area contributed by atoms with Gasteiger partial charge in [-0.05, 0) is 22.6 Å². The van der Waals surface area contributed by atoms with E-state index in [-0.39, 0.29) is 29.5 Å². The van der Waals surface area contributed by atoms with Crippen LogP contribution < -0.4 is 5.32 Å². The molecule has 2 aliphatic heterocycles. The number of nitrogens with zero attached hydrogens (tertiary/aromatic N) is 1. The van der Waals surface area contributed by atoms with E-state index in [0.717, 1.165) is 28.9 Å². The summed E-state index contributed by atoms with van der Waals surface area (Å²) in [4.78, 5) is 27.7. The number of rotatable bonds is 9. The second-order valence-corrected chi connectivity index (χ2v) is 10.7. The Balaban J connectivity index is 1.32. The largest absolute Gasteiger partial charge is 0.366 e. The molecule has 3 aromatic carbocycles. The van der Waals surface area contributed by atoms with Crippen LogP contribution >= 0.6 is 11.8 Å². The van der Waals surface area contributed by atoms with Gasteiger partial charge in [0, 0.05) is 5.75 Å². The van der Waals surface area contributed by atoms with Gasteiger partial charge in [0.1, 0.15) is 17.5 Å². The van der Waals surface area contributed by atoms with Crippen LogP contribution in [0.5, 0.6) is 0 Å². The Morgan fingerprint density at radius 2 is 1.57 bits per heavy atom. The van der Waals surface area contributed by atoms with Crippen LogP contribution in [0.4, 0.5) is 0 Å². The Morgan fingerprint density at radius 1 is 1.00 bits per heavy atom. The summed E-state index contributed by atoms with van der Waals surface area (Å²) in [5.74, 6) is 0.514. The number of amides is 2. The molecule has 3 unspecified atom stereocenters. The molecule has 2 fully saturated rings. The fraction of sp³-hybridized carbons (Fsp3) is 0.333. The zero-order valence-electron chi connectivity index (χ0n) is 20.8. The molecule has 2 saturated heterocycles. The number of nitrogens with one attached hydrogen (secondary N) is 1. The minimum absolute atomic E-state index is 0.0772. The summed E-state index contributed by atoms with van der Waals surface area (Å²) in [7, 11) is 0. The molecule has 7 heteroatoms. The number of aliphatic hydroxyl groups is 1. The maximum atomic E-state index is 13.3. The first-order chi connectivity index (χ1) is 18.1. The van der Waals surface area contributed by atoms with E-state index in [1.165, 1.54) is 0 Å². The summed E-state index contributed by atoms with van der Waals surface area (Å²) in [6.07, 6.45) is -0.615. The van der Waals surface area contributed by atoms with Gasteiger partial charge in [0.15, 0.2) is 6.29 Å². The number of carbonyl (C=O) groups excluding carboxylic acids is 2. The van der Waals surface area contributed by atoms with Crippen LogP contribution in [0, 0.1) is 5.92 Å². The normalized spacial score (nSPS) is 23.8. The van der Waals surface area contributed by atoms with Crippen molar-refractivity contribution >= 4 is 23.6 Å². The average Bonchev–Trinajstić information content (AvgIpc) is 2.95. The van der Waals surface area contributed by atoms with Crippen molar-refractivity contribution in [3.63, 3.8) is 0 Å². The fourth-order valence-corrected chi connectivity index (χ4v) is 6.88. The summed E-state index contributed by atoms with van der Waals surface area (Å²) < 4.78 is 6.36. The van der Waals surface area contributed by atoms with E-state index in [9.17, 15) is 14.7 Å². The Kier molecular flexibility index (Phi) is 7.93. The first-order valence-corrected chi connectivity index (χ1v) is 13.8. The topological polar surface area (TPSA) is 78.9 Å². The van der Waals surface area contributed by atoms with Crippen LogP contribution in [-0.2, 0) is 20.7 Å². The van der Waals surface area contributed by atoms with Crippen molar-refractivity contribution in [3.05, 3.63) is 108 Å². The van der Waals surface area contributed by atoms with E-state index in [4.69, 9.17) is 4.74 Å². The minimum atomic E-state index is -1.18. The lowest BCUT2D eigenvalue weighted by Gasteiger charge is -2.56. The standard InChI is InChI=1S/C30H32N2O4S/c1-2-21-19-37-29-25(31-24(33)18-20-12-6-3-7-13-20)28(34)32(29)26(21)30(35)36-27(22-14-8-4-9-15-22)23-16-10-5-11-17-23/h3-17,21,25-27,29-30,35H,2,18-19H2,1H3,(H,31,33)/t21?,25-,26?,29-,30?/m1/s1. The third kappa shape index (κ3) is 5.44. The highest BCUT2D eigenvalue weighted by Crippen LogP contribution is 2.43. The molecule has 5 rings (SSSR count).